The monoisotopic (exact) mass is 402 g/mol. The van der Waals surface area contributed by atoms with Gasteiger partial charge in [0.15, 0.2) is 0 Å². The highest BCUT2D eigenvalue weighted by Crippen LogP contribution is 2.29. The standard InChI is InChI=1S/C18H25F3N4O3/c1-28-10-5-22-17(27)23-16(26)13-25-8-6-24(7-9-25)12-14-3-2-4-15(11-14)18(19,20)21/h2-4,11H,5-10,12-13H2,1H3,(H2,22,23,26,27). The molecule has 1 heterocycles. The van der Waals surface area contributed by atoms with Crippen LogP contribution in [0.4, 0.5) is 18.0 Å². The molecule has 0 atom stereocenters. The van der Waals surface area contributed by atoms with Gasteiger partial charge in [0, 0.05) is 46.4 Å². The summed E-state index contributed by atoms with van der Waals surface area (Å²) in [5.41, 5.74) is -0.0437. The van der Waals surface area contributed by atoms with Gasteiger partial charge in [-0.05, 0) is 11.6 Å². The van der Waals surface area contributed by atoms with Crippen LogP contribution in [-0.2, 0) is 22.3 Å². The summed E-state index contributed by atoms with van der Waals surface area (Å²) in [5, 5.41) is 4.75. The third-order valence-corrected chi connectivity index (χ3v) is 4.34. The fraction of sp³-hybridized carbons (Fsp3) is 0.556. The van der Waals surface area contributed by atoms with Gasteiger partial charge in [-0.15, -0.1) is 0 Å². The van der Waals surface area contributed by atoms with E-state index in [1.54, 1.807) is 6.07 Å². The zero-order valence-electron chi connectivity index (χ0n) is 15.7. The molecular formula is C18H25F3N4O3. The average Bonchev–Trinajstić information content (AvgIpc) is 2.63. The number of carbonyl (C=O) groups is 2. The predicted octanol–water partition coefficient (Wildman–Crippen LogP) is 1.30. The lowest BCUT2D eigenvalue weighted by molar-refractivity contribution is -0.137. The predicted molar refractivity (Wildman–Crippen MR) is 96.6 cm³/mol. The molecule has 2 N–H and O–H groups in total. The first-order valence-electron chi connectivity index (χ1n) is 8.95. The maximum atomic E-state index is 12.8. The van der Waals surface area contributed by atoms with Gasteiger partial charge in [0.25, 0.3) is 0 Å². The summed E-state index contributed by atoms with van der Waals surface area (Å²) in [4.78, 5) is 27.4. The number of nitrogens with zero attached hydrogens (tertiary/aromatic N) is 2. The molecule has 28 heavy (non-hydrogen) atoms. The van der Waals surface area contributed by atoms with Crippen LogP contribution in [0.1, 0.15) is 11.1 Å². The number of rotatable bonds is 7. The fourth-order valence-electron chi connectivity index (χ4n) is 2.89. The van der Waals surface area contributed by atoms with E-state index in [1.807, 2.05) is 9.80 Å². The number of urea groups is 1. The topological polar surface area (TPSA) is 73.9 Å². The van der Waals surface area contributed by atoms with Gasteiger partial charge in [-0.25, -0.2) is 4.79 Å². The lowest BCUT2D eigenvalue weighted by atomic mass is 10.1. The van der Waals surface area contributed by atoms with Crippen molar-refractivity contribution >= 4 is 11.9 Å². The van der Waals surface area contributed by atoms with Crippen molar-refractivity contribution in [3.05, 3.63) is 35.4 Å². The minimum absolute atomic E-state index is 0.0924. The number of nitrogens with one attached hydrogen (secondary N) is 2. The van der Waals surface area contributed by atoms with E-state index in [-0.39, 0.29) is 6.54 Å². The molecule has 0 radical (unpaired) electrons. The Kier molecular flexibility index (Phi) is 8.21. The van der Waals surface area contributed by atoms with Crippen LogP contribution < -0.4 is 10.6 Å². The molecule has 0 unspecified atom stereocenters. The number of methoxy groups -OCH3 is 1. The molecule has 10 heteroatoms. The van der Waals surface area contributed by atoms with Crippen molar-refractivity contribution in [3.8, 4) is 0 Å². The Labute approximate surface area is 161 Å². The summed E-state index contributed by atoms with van der Waals surface area (Å²) >= 11 is 0. The van der Waals surface area contributed by atoms with Crippen LogP contribution in [0.3, 0.4) is 0 Å². The molecular weight excluding hydrogens is 377 g/mol. The van der Waals surface area contributed by atoms with Gasteiger partial charge >= 0.3 is 12.2 Å². The van der Waals surface area contributed by atoms with E-state index in [4.69, 9.17) is 4.74 Å². The Balaban J connectivity index is 1.73. The van der Waals surface area contributed by atoms with E-state index in [2.05, 4.69) is 10.6 Å². The number of benzene rings is 1. The first-order chi connectivity index (χ1) is 13.3. The summed E-state index contributed by atoms with van der Waals surface area (Å²) < 4.78 is 43.2. The molecule has 0 bridgehead atoms. The van der Waals surface area contributed by atoms with Crippen molar-refractivity contribution in [2.24, 2.45) is 0 Å². The molecule has 0 saturated carbocycles. The quantitative estimate of drug-likeness (QED) is 0.673. The van der Waals surface area contributed by atoms with Crippen LogP contribution in [0.25, 0.3) is 0 Å². The SMILES string of the molecule is COCCNC(=O)NC(=O)CN1CCN(Cc2cccc(C(F)(F)F)c2)CC1. The van der Waals surface area contributed by atoms with E-state index in [0.29, 0.717) is 51.4 Å². The van der Waals surface area contributed by atoms with Crippen LogP contribution in [0.2, 0.25) is 0 Å². The third kappa shape index (κ3) is 7.45. The second-order valence-electron chi connectivity index (χ2n) is 6.55. The van der Waals surface area contributed by atoms with Crippen molar-refractivity contribution < 1.29 is 27.5 Å². The second-order valence-corrected chi connectivity index (χ2v) is 6.55. The minimum atomic E-state index is -4.35. The van der Waals surface area contributed by atoms with Gasteiger partial charge in [0.1, 0.15) is 0 Å². The summed E-state index contributed by atoms with van der Waals surface area (Å²) in [7, 11) is 1.51. The van der Waals surface area contributed by atoms with E-state index in [0.717, 1.165) is 6.07 Å². The zero-order valence-corrected chi connectivity index (χ0v) is 15.7. The number of hydrogen-bond donors (Lipinski definition) is 2. The Hall–Kier alpha value is -2.17. The van der Waals surface area contributed by atoms with E-state index in [1.165, 1.54) is 19.2 Å². The van der Waals surface area contributed by atoms with Crippen LogP contribution in [0.15, 0.2) is 24.3 Å². The molecule has 1 fully saturated rings. The number of imide groups is 1. The molecule has 0 aliphatic carbocycles. The molecule has 1 saturated heterocycles. The number of hydrogen-bond acceptors (Lipinski definition) is 5. The Morgan fingerprint density at radius 3 is 2.46 bits per heavy atom. The summed E-state index contributed by atoms with van der Waals surface area (Å²) in [6.07, 6.45) is -4.35. The lowest BCUT2D eigenvalue weighted by Crippen LogP contribution is -2.51. The molecule has 156 valence electrons. The number of halogens is 3. The zero-order chi connectivity index (χ0) is 20.6. The first-order valence-corrected chi connectivity index (χ1v) is 8.95. The average molecular weight is 402 g/mol. The van der Waals surface area contributed by atoms with E-state index >= 15 is 0 Å². The van der Waals surface area contributed by atoms with Gasteiger partial charge in [-0.1, -0.05) is 18.2 Å². The van der Waals surface area contributed by atoms with E-state index in [9.17, 15) is 22.8 Å². The van der Waals surface area contributed by atoms with Gasteiger partial charge in [-0.2, -0.15) is 13.2 Å². The molecule has 0 aromatic heterocycles. The van der Waals surface area contributed by atoms with Crippen molar-refractivity contribution in [1.29, 1.82) is 0 Å². The fourth-order valence-corrected chi connectivity index (χ4v) is 2.89. The van der Waals surface area contributed by atoms with Crippen LogP contribution in [0.5, 0.6) is 0 Å². The van der Waals surface area contributed by atoms with Crippen molar-refractivity contribution in [2.45, 2.75) is 12.7 Å². The molecule has 2 rings (SSSR count). The van der Waals surface area contributed by atoms with Crippen LogP contribution in [0, 0.1) is 0 Å². The Morgan fingerprint density at radius 2 is 1.82 bits per heavy atom. The Morgan fingerprint density at radius 1 is 1.14 bits per heavy atom. The van der Waals surface area contributed by atoms with Crippen LogP contribution >= 0.6 is 0 Å². The number of alkyl halides is 3. The largest absolute Gasteiger partial charge is 0.416 e. The second kappa shape index (κ2) is 10.4. The molecule has 3 amide bonds. The molecule has 1 aliphatic heterocycles. The Bertz CT molecular complexity index is 662. The highest BCUT2D eigenvalue weighted by molar-refractivity contribution is 5.95. The number of piperazine rings is 1. The normalized spacial score (nSPS) is 16.0. The summed E-state index contributed by atoms with van der Waals surface area (Å²) in [5.74, 6) is -0.402. The van der Waals surface area contributed by atoms with E-state index < -0.39 is 23.7 Å². The van der Waals surface area contributed by atoms with Crippen LogP contribution in [-0.4, -0.2) is 74.7 Å². The molecule has 1 aromatic rings. The van der Waals surface area contributed by atoms with Gasteiger partial charge in [0.2, 0.25) is 5.91 Å². The maximum Gasteiger partial charge on any atom is 0.416 e. The third-order valence-electron chi connectivity index (χ3n) is 4.34. The van der Waals surface area contributed by atoms with Crippen molar-refractivity contribution in [1.82, 2.24) is 20.4 Å². The summed E-state index contributed by atoms with van der Waals surface area (Å²) in [6, 6.07) is 4.76. The number of ether oxygens (including phenoxy) is 1. The van der Waals surface area contributed by atoms with Gasteiger partial charge < -0.3 is 10.1 Å². The molecule has 7 nitrogen and oxygen atoms in total. The molecule has 0 spiro atoms. The minimum Gasteiger partial charge on any atom is -0.383 e. The lowest BCUT2D eigenvalue weighted by Gasteiger charge is -2.34. The number of amides is 3. The van der Waals surface area contributed by atoms with Crippen molar-refractivity contribution in [3.63, 3.8) is 0 Å². The van der Waals surface area contributed by atoms with Gasteiger partial charge in [-0.3, -0.25) is 19.9 Å². The van der Waals surface area contributed by atoms with Crippen molar-refractivity contribution in [2.75, 3.05) is 53.0 Å². The molecule has 1 aromatic carbocycles. The maximum absolute atomic E-state index is 12.8. The number of carbonyl (C=O) groups excluding carboxylic acids is 2. The highest BCUT2D eigenvalue weighted by atomic mass is 19.4. The first kappa shape index (κ1) is 22.1. The van der Waals surface area contributed by atoms with Gasteiger partial charge in [0.05, 0.1) is 18.7 Å². The highest BCUT2D eigenvalue weighted by Gasteiger charge is 2.30. The smallest absolute Gasteiger partial charge is 0.383 e. The molecule has 1 aliphatic rings. The summed E-state index contributed by atoms with van der Waals surface area (Å²) in [6.45, 7) is 3.63.